The number of nitrogens with zero attached hydrogens (tertiary/aromatic N) is 3. The molecular formula is C11H17ClN4O. The Morgan fingerprint density at radius 1 is 1.47 bits per heavy atom. The number of hydrogen-bond donors (Lipinski definition) is 1. The molecule has 0 saturated carbocycles. The Balaban J connectivity index is 2.85. The van der Waals surface area contributed by atoms with E-state index in [4.69, 9.17) is 11.6 Å². The molecule has 0 saturated heterocycles. The summed E-state index contributed by atoms with van der Waals surface area (Å²) in [5.41, 5.74) is 0.862. The molecule has 0 spiro atoms. The Morgan fingerprint density at radius 2 is 2.18 bits per heavy atom. The predicted octanol–water partition coefficient (Wildman–Crippen LogP) is 1.26. The van der Waals surface area contributed by atoms with Crippen molar-refractivity contribution in [2.24, 2.45) is 0 Å². The van der Waals surface area contributed by atoms with Crippen LogP contribution in [0.3, 0.4) is 0 Å². The van der Waals surface area contributed by atoms with Gasteiger partial charge in [0, 0.05) is 19.2 Å². The minimum atomic E-state index is -0.0354. The minimum absolute atomic E-state index is 0.0354. The number of halogens is 1. The van der Waals surface area contributed by atoms with Crippen LogP contribution in [0.25, 0.3) is 0 Å². The smallest absolute Gasteiger partial charge is 0.239 e. The third kappa shape index (κ3) is 3.56. The largest absolute Gasteiger partial charge is 0.355 e. The molecule has 0 radical (unpaired) electrons. The average Bonchev–Trinajstić information content (AvgIpc) is 2.28. The summed E-state index contributed by atoms with van der Waals surface area (Å²) in [6.45, 7) is 4.75. The van der Waals surface area contributed by atoms with Crippen LogP contribution < -0.4 is 10.2 Å². The number of likely N-dealkylation sites (N-methyl/N-ethyl adjacent to an activating group) is 2. The van der Waals surface area contributed by atoms with Crippen LogP contribution >= 0.6 is 11.6 Å². The van der Waals surface area contributed by atoms with Crippen molar-refractivity contribution >= 4 is 23.3 Å². The Labute approximate surface area is 106 Å². The Kier molecular flexibility index (Phi) is 5.15. The number of nitrogens with one attached hydrogen (secondary N) is 1. The molecule has 1 aromatic heterocycles. The molecule has 0 atom stereocenters. The number of rotatable bonds is 5. The van der Waals surface area contributed by atoms with Gasteiger partial charge in [0.15, 0.2) is 0 Å². The third-order valence-electron chi connectivity index (χ3n) is 2.34. The number of aromatic nitrogens is 2. The van der Waals surface area contributed by atoms with Crippen LogP contribution in [0.2, 0.25) is 5.15 Å². The molecule has 0 aliphatic carbocycles. The second kappa shape index (κ2) is 6.39. The van der Waals surface area contributed by atoms with Crippen molar-refractivity contribution in [2.75, 3.05) is 25.0 Å². The van der Waals surface area contributed by atoms with Gasteiger partial charge in [-0.15, -0.1) is 0 Å². The van der Waals surface area contributed by atoms with Gasteiger partial charge in [-0.1, -0.05) is 18.5 Å². The van der Waals surface area contributed by atoms with Gasteiger partial charge in [0.1, 0.15) is 17.3 Å². The Morgan fingerprint density at radius 3 is 2.76 bits per heavy atom. The molecule has 94 valence electrons. The van der Waals surface area contributed by atoms with Crippen molar-refractivity contribution in [3.05, 3.63) is 17.0 Å². The molecule has 0 aliphatic heterocycles. The lowest BCUT2D eigenvalue weighted by Crippen LogP contribution is -2.35. The number of anilines is 1. The minimum Gasteiger partial charge on any atom is -0.355 e. The average molecular weight is 257 g/mol. The quantitative estimate of drug-likeness (QED) is 0.806. The maximum atomic E-state index is 11.5. The molecule has 1 aromatic rings. The number of carbonyl (C=O) groups excluding carboxylic acids is 1. The van der Waals surface area contributed by atoms with Crippen LogP contribution in [0.4, 0.5) is 5.82 Å². The summed E-state index contributed by atoms with van der Waals surface area (Å²) in [6, 6.07) is 0. The molecule has 1 N–H and O–H groups in total. The van der Waals surface area contributed by atoms with Crippen LogP contribution in [0.5, 0.6) is 0 Å². The highest BCUT2D eigenvalue weighted by molar-refractivity contribution is 6.30. The van der Waals surface area contributed by atoms with Gasteiger partial charge in [0.25, 0.3) is 0 Å². The summed E-state index contributed by atoms with van der Waals surface area (Å²) < 4.78 is 0. The fourth-order valence-electron chi connectivity index (χ4n) is 1.56. The van der Waals surface area contributed by atoms with Crippen LogP contribution in [0, 0.1) is 0 Å². The van der Waals surface area contributed by atoms with E-state index < -0.39 is 0 Å². The molecule has 1 amide bonds. The summed E-state index contributed by atoms with van der Waals surface area (Å²) in [5.74, 6) is 0.672. The molecule has 0 aliphatic rings. The lowest BCUT2D eigenvalue weighted by Gasteiger charge is -2.20. The summed E-state index contributed by atoms with van der Waals surface area (Å²) >= 11 is 5.99. The molecule has 1 rings (SSSR count). The maximum absolute atomic E-state index is 11.5. The van der Waals surface area contributed by atoms with Gasteiger partial charge in [-0.3, -0.25) is 4.79 Å². The van der Waals surface area contributed by atoms with E-state index in [1.807, 2.05) is 20.9 Å². The second-order valence-electron chi connectivity index (χ2n) is 3.63. The van der Waals surface area contributed by atoms with Gasteiger partial charge in [0.2, 0.25) is 5.91 Å². The zero-order valence-electron chi connectivity index (χ0n) is 10.3. The van der Waals surface area contributed by atoms with Crippen LogP contribution in [0.15, 0.2) is 6.33 Å². The summed E-state index contributed by atoms with van der Waals surface area (Å²) in [5, 5.41) is 3.19. The van der Waals surface area contributed by atoms with Gasteiger partial charge in [-0.2, -0.15) is 0 Å². The topological polar surface area (TPSA) is 58.1 Å². The standard InChI is InChI=1S/C11H17ClN4O/c1-4-8-10(12)14-7-15-11(8)16(3)6-9(17)13-5-2/h7H,4-6H2,1-3H3,(H,13,17). The van der Waals surface area contributed by atoms with Crippen LogP contribution in [0.1, 0.15) is 19.4 Å². The molecule has 0 unspecified atom stereocenters. The fraction of sp³-hybridized carbons (Fsp3) is 0.545. The van der Waals surface area contributed by atoms with Gasteiger partial charge < -0.3 is 10.2 Å². The van der Waals surface area contributed by atoms with Crippen LogP contribution in [-0.4, -0.2) is 36.0 Å². The Bertz CT molecular complexity index is 397. The molecule has 1 heterocycles. The summed E-state index contributed by atoms with van der Waals surface area (Å²) in [6.07, 6.45) is 2.14. The van der Waals surface area contributed by atoms with Gasteiger partial charge in [-0.05, 0) is 13.3 Å². The monoisotopic (exact) mass is 256 g/mol. The second-order valence-corrected chi connectivity index (χ2v) is 3.99. The van der Waals surface area contributed by atoms with E-state index in [9.17, 15) is 4.79 Å². The van der Waals surface area contributed by atoms with E-state index in [0.29, 0.717) is 17.5 Å². The van der Waals surface area contributed by atoms with Gasteiger partial charge in [-0.25, -0.2) is 9.97 Å². The zero-order chi connectivity index (χ0) is 12.8. The first kappa shape index (κ1) is 13.7. The fourth-order valence-corrected chi connectivity index (χ4v) is 1.82. The lowest BCUT2D eigenvalue weighted by atomic mass is 10.2. The third-order valence-corrected chi connectivity index (χ3v) is 2.67. The Hall–Kier alpha value is -1.36. The molecule has 0 bridgehead atoms. The first-order valence-electron chi connectivity index (χ1n) is 5.57. The molecule has 0 fully saturated rings. The summed E-state index contributed by atoms with van der Waals surface area (Å²) in [4.78, 5) is 21.4. The molecule has 0 aromatic carbocycles. The van der Waals surface area contributed by atoms with E-state index in [-0.39, 0.29) is 12.5 Å². The van der Waals surface area contributed by atoms with Crippen molar-refractivity contribution in [2.45, 2.75) is 20.3 Å². The highest BCUT2D eigenvalue weighted by atomic mass is 35.5. The van der Waals surface area contributed by atoms with Gasteiger partial charge >= 0.3 is 0 Å². The van der Waals surface area contributed by atoms with E-state index in [1.165, 1.54) is 6.33 Å². The van der Waals surface area contributed by atoms with Crippen LogP contribution in [-0.2, 0) is 11.2 Å². The summed E-state index contributed by atoms with van der Waals surface area (Å²) in [7, 11) is 1.81. The van der Waals surface area contributed by atoms with Crippen molar-refractivity contribution in [3.63, 3.8) is 0 Å². The first-order valence-corrected chi connectivity index (χ1v) is 5.95. The van der Waals surface area contributed by atoms with E-state index in [1.54, 1.807) is 4.90 Å². The van der Waals surface area contributed by atoms with Crippen molar-refractivity contribution in [1.82, 2.24) is 15.3 Å². The van der Waals surface area contributed by atoms with Gasteiger partial charge in [0.05, 0.1) is 6.54 Å². The molecule has 17 heavy (non-hydrogen) atoms. The number of amides is 1. The molecule has 6 heteroatoms. The maximum Gasteiger partial charge on any atom is 0.239 e. The zero-order valence-corrected chi connectivity index (χ0v) is 11.1. The van der Waals surface area contributed by atoms with Crippen molar-refractivity contribution < 1.29 is 4.79 Å². The van der Waals surface area contributed by atoms with E-state index in [0.717, 1.165) is 12.0 Å². The predicted molar refractivity (Wildman–Crippen MR) is 68.4 cm³/mol. The highest BCUT2D eigenvalue weighted by Gasteiger charge is 2.14. The number of hydrogen-bond acceptors (Lipinski definition) is 4. The number of carbonyl (C=O) groups is 1. The molecular weight excluding hydrogens is 240 g/mol. The highest BCUT2D eigenvalue weighted by Crippen LogP contribution is 2.22. The van der Waals surface area contributed by atoms with Crippen molar-refractivity contribution in [1.29, 1.82) is 0 Å². The normalized spacial score (nSPS) is 10.1. The molecule has 5 nitrogen and oxygen atoms in total. The first-order chi connectivity index (χ1) is 8.10. The van der Waals surface area contributed by atoms with Crippen molar-refractivity contribution in [3.8, 4) is 0 Å². The lowest BCUT2D eigenvalue weighted by molar-refractivity contribution is -0.119. The van der Waals surface area contributed by atoms with E-state index in [2.05, 4.69) is 15.3 Å². The van der Waals surface area contributed by atoms with E-state index >= 15 is 0 Å². The SMILES string of the molecule is CCNC(=O)CN(C)c1ncnc(Cl)c1CC.